The fraction of sp³-hybridized carbons (Fsp3) is 0.429. The number of anilines is 1. The molecule has 1 saturated heterocycles. The van der Waals surface area contributed by atoms with E-state index in [-0.39, 0.29) is 17.9 Å². The van der Waals surface area contributed by atoms with Crippen molar-refractivity contribution in [3.05, 3.63) is 52.2 Å². The van der Waals surface area contributed by atoms with E-state index in [1.807, 2.05) is 18.2 Å². The van der Waals surface area contributed by atoms with Crippen LogP contribution in [0.3, 0.4) is 0 Å². The van der Waals surface area contributed by atoms with Gasteiger partial charge in [0, 0.05) is 28.6 Å². The Bertz CT molecular complexity index is 761. The molecule has 1 aliphatic heterocycles. The third kappa shape index (κ3) is 5.91. The highest BCUT2D eigenvalue weighted by Crippen LogP contribution is 2.16. The number of carbonyl (C=O) groups is 2. The molecule has 2 unspecified atom stereocenters. The molecule has 1 aromatic carbocycles. The zero-order chi connectivity index (χ0) is 19.1. The van der Waals surface area contributed by atoms with E-state index >= 15 is 0 Å². The highest BCUT2D eigenvalue weighted by molar-refractivity contribution is 7.09. The van der Waals surface area contributed by atoms with Gasteiger partial charge in [-0.15, -0.1) is 11.3 Å². The molecule has 2 aromatic rings. The third-order valence-electron chi connectivity index (χ3n) is 4.92. The summed E-state index contributed by atoms with van der Waals surface area (Å²) in [5, 5.41) is 11.4. The molecule has 2 heterocycles. The standard InChI is InChI=1S/C21H27N3O2S/c1-15-14-22-11-10-19(15)24-21(26)16-5-2-6-17(13-16)23-20(25)9-3-7-18-8-4-12-27-18/h2,4-6,8,12-13,15,19,22H,3,7,9-11,14H2,1H3,(H,23,25)(H,24,26). The molecule has 3 N–H and O–H groups in total. The summed E-state index contributed by atoms with van der Waals surface area (Å²) in [6, 6.07) is 11.5. The van der Waals surface area contributed by atoms with Crippen LogP contribution in [0.4, 0.5) is 5.69 Å². The Balaban J connectivity index is 1.50. The van der Waals surface area contributed by atoms with E-state index in [2.05, 4.69) is 34.3 Å². The summed E-state index contributed by atoms with van der Waals surface area (Å²) >= 11 is 1.72. The number of piperidine rings is 1. The second-order valence-corrected chi connectivity index (χ2v) is 8.14. The second-order valence-electron chi connectivity index (χ2n) is 7.11. The predicted molar refractivity (Wildman–Crippen MR) is 110 cm³/mol. The molecule has 1 aromatic heterocycles. The average molecular weight is 386 g/mol. The number of benzene rings is 1. The largest absolute Gasteiger partial charge is 0.349 e. The first kappa shape index (κ1) is 19.6. The molecule has 2 atom stereocenters. The summed E-state index contributed by atoms with van der Waals surface area (Å²) in [5.74, 6) is 0.313. The van der Waals surface area contributed by atoms with Crippen molar-refractivity contribution in [1.29, 1.82) is 0 Å². The number of hydrogen-bond acceptors (Lipinski definition) is 4. The molecule has 6 heteroatoms. The van der Waals surface area contributed by atoms with Gasteiger partial charge in [0.2, 0.25) is 5.91 Å². The van der Waals surface area contributed by atoms with Crippen LogP contribution in [-0.2, 0) is 11.2 Å². The Morgan fingerprint density at radius 2 is 2.15 bits per heavy atom. The molecule has 1 aliphatic rings. The van der Waals surface area contributed by atoms with Crippen LogP contribution in [0.2, 0.25) is 0 Å². The van der Waals surface area contributed by atoms with Crippen molar-refractivity contribution in [2.24, 2.45) is 5.92 Å². The van der Waals surface area contributed by atoms with Crippen molar-refractivity contribution in [3.63, 3.8) is 0 Å². The topological polar surface area (TPSA) is 70.2 Å². The summed E-state index contributed by atoms with van der Waals surface area (Å²) in [7, 11) is 0. The molecule has 2 amide bonds. The molecule has 0 radical (unpaired) electrons. The molecule has 0 aliphatic carbocycles. The Hall–Kier alpha value is -2.18. The van der Waals surface area contributed by atoms with Crippen molar-refractivity contribution in [2.45, 2.75) is 38.6 Å². The minimum absolute atomic E-state index is 0.0175. The van der Waals surface area contributed by atoms with Gasteiger partial charge in [0.1, 0.15) is 0 Å². The average Bonchev–Trinajstić information content (AvgIpc) is 3.17. The highest BCUT2D eigenvalue weighted by atomic mass is 32.1. The molecule has 0 bridgehead atoms. The maximum atomic E-state index is 12.6. The number of hydrogen-bond donors (Lipinski definition) is 3. The summed E-state index contributed by atoms with van der Waals surface area (Å²) in [5.41, 5.74) is 1.25. The molecule has 0 saturated carbocycles. The van der Waals surface area contributed by atoms with Gasteiger partial charge in [-0.3, -0.25) is 9.59 Å². The summed E-state index contributed by atoms with van der Waals surface area (Å²) in [6.45, 7) is 3.99. The van der Waals surface area contributed by atoms with E-state index in [0.717, 1.165) is 32.4 Å². The van der Waals surface area contributed by atoms with Crippen molar-refractivity contribution in [3.8, 4) is 0 Å². The number of aryl methyl sites for hydroxylation is 1. The van der Waals surface area contributed by atoms with Crippen LogP contribution < -0.4 is 16.0 Å². The lowest BCUT2D eigenvalue weighted by atomic mass is 9.95. The molecule has 1 fully saturated rings. The van der Waals surface area contributed by atoms with Gasteiger partial charge in [-0.05, 0) is 67.9 Å². The van der Waals surface area contributed by atoms with Crippen LogP contribution >= 0.6 is 11.3 Å². The Kier molecular flexibility index (Phi) is 7.01. The van der Waals surface area contributed by atoms with Gasteiger partial charge in [0.05, 0.1) is 0 Å². The fourth-order valence-electron chi connectivity index (χ4n) is 3.32. The van der Waals surface area contributed by atoms with E-state index in [0.29, 0.717) is 23.6 Å². The van der Waals surface area contributed by atoms with E-state index in [4.69, 9.17) is 0 Å². The number of carbonyl (C=O) groups excluding carboxylic acids is 2. The normalized spacial score (nSPS) is 19.4. The monoisotopic (exact) mass is 385 g/mol. The fourth-order valence-corrected chi connectivity index (χ4v) is 4.07. The zero-order valence-corrected chi connectivity index (χ0v) is 16.5. The summed E-state index contributed by atoms with van der Waals surface area (Å²) < 4.78 is 0. The number of nitrogens with one attached hydrogen (secondary N) is 3. The van der Waals surface area contributed by atoms with E-state index in [1.54, 1.807) is 23.5 Å². The van der Waals surface area contributed by atoms with Gasteiger partial charge in [0.25, 0.3) is 5.91 Å². The van der Waals surface area contributed by atoms with Crippen LogP contribution in [0.25, 0.3) is 0 Å². The molecule has 5 nitrogen and oxygen atoms in total. The van der Waals surface area contributed by atoms with Crippen LogP contribution in [-0.4, -0.2) is 30.9 Å². The van der Waals surface area contributed by atoms with Crippen molar-refractivity contribution in [2.75, 3.05) is 18.4 Å². The Morgan fingerprint density at radius 3 is 2.93 bits per heavy atom. The minimum Gasteiger partial charge on any atom is -0.349 e. The number of amides is 2. The smallest absolute Gasteiger partial charge is 0.251 e. The highest BCUT2D eigenvalue weighted by Gasteiger charge is 2.23. The first-order chi connectivity index (χ1) is 13.1. The lowest BCUT2D eigenvalue weighted by Crippen LogP contribution is -2.48. The van der Waals surface area contributed by atoms with Crippen LogP contribution in [0, 0.1) is 5.92 Å². The van der Waals surface area contributed by atoms with Gasteiger partial charge in [-0.1, -0.05) is 19.1 Å². The van der Waals surface area contributed by atoms with Crippen LogP contribution in [0.15, 0.2) is 41.8 Å². The summed E-state index contributed by atoms with van der Waals surface area (Å²) in [4.78, 5) is 26.0. The predicted octanol–water partition coefficient (Wildman–Crippen LogP) is 3.44. The molecule has 27 heavy (non-hydrogen) atoms. The van der Waals surface area contributed by atoms with Crippen LogP contribution in [0.1, 0.15) is 41.4 Å². The Morgan fingerprint density at radius 1 is 1.26 bits per heavy atom. The van der Waals surface area contributed by atoms with Gasteiger partial charge in [-0.25, -0.2) is 0 Å². The van der Waals surface area contributed by atoms with Gasteiger partial charge < -0.3 is 16.0 Å². The van der Waals surface area contributed by atoms with Crippen LogP contribution in [0.5, 0.6) is 0 Å². The van der Waals surface area contributed by atoms with Gasteiger partial charge >= 0.3 is 0 Å². The van der Waals surface area contributed by atoms with E-state index < -0.39 is 0 Å². The first-order valence-corrected chi connectivity index (χ1v) is 10.4. The van der Waals surface area contributed by atoms with Crippen molar-refractivity contribution < 1.29 is 9.59 Å². The quantitative estimate of drug-likeness (QED) is 0.684. The molecule has 3 rings (SSSR count). The van der Waals surface area contributed by atoms with E-state index in [1.165, 1.54) is 4.88 Å². The Labute approximate surface area is 164 Å². The lowest BCUT2D eigenvalue weighted by molar-refractivity contribution is -0.116. The first-order valence-electron chi connectivity index (χ1n) is 9.55. The number of rotatable bonds is 7. The molecular weight excluding hydrogens is 358 g/mol. The van der Waals surface area contributed by atoms with Crippen molar-refractivity contribution in [1.82, 2.24) is 10.6 Å². The maximum Gasteiger partial charge on any atom is 0.251 e. The van der Waals surface area contributed by atoms with Gasteiger partial charge in [-0.2, -0.15) is 0 Å². The lowest BCUT2D eigenvalue weighted by Gasteiger charge is -2.30. The third-order valence-corrected chi connectivity index (χ3v) is 5.85. The SMILES string of the molecule is CC1CNCCC1NC(=O)c1cccc(NC(=O)CCCc2cccs2)c1. The van der Waals surface area contributed by atoms with Crippen molar-refractivity contribution >= 4 is 28.8 Å². The molecular formula is C21H27N3O2S. The minimum atomic E-state index is -0.0810. The second kappa shape index (κ2) is 9.67. The maximum absolute atomic E-state index is 12.6. The number of thiophene rings is 1. The van der Waals surface area contributed by atoms with E-state index in [9.17, 15) is 9.59 Å². The molecule has 0 spiro atoms. The summed E-state index contributed by atoms with van der Waals surface area (Å²) in [6.07, 6.45) is 3.15. The van der Waals surface area contributed by atoms with Gasteiger partial charge in [0.15, 0.2) is 0 Å². The molecule has 144 valence electrons. The zero-order valence-electron chi connectivity index (χ0n) is 15.7.